The van der Waals surface area contributed by atoms with Crippen LogP contribution >= 0.6 is 0 Å². The summed E-state index contributed by atoms with van der Waals surface area (Å²) < 4.78 is 40.0. The topological polar surface area (TPSA) is 249 Å². The van der Waals surface area contributed by atoms with Gasteiger partial charge in [-0.3, -0.25) is 19.2 Å². The maximum absolute atomic E-state index is 12.6. The number of nitrogens with zero attached hydrogens (tertiary/aromatic N) is 2. The molecule has 2 saturated heterocycles. The zero-order valence-electron chi connectivity index (χ0n) is 18.6. The highest BCUT2D eigenvalue weighted by molar-refractivity contribution is 7.87. The van der Waals surface area contributed by atoms with Crippen molar-refractivity contribution in [3.63, 3.8) is 0 Å². The Balaban J connectivity index is 1.62. The smallest absolute Gasteiger partial charge is 0.507 e. The Labute approximate surface area is 200 Å². The summed E-state index contributed by atoms with van der Waals surface area (Å²) in [6.07, 6.45) is 0.309. The van der Waals surface area contributed by atoms with Gasteiger partial charge >= 0.3 is 41.2 Å². The van der Waals surface area contributed by atoms with Crippen LogP contribution in [0.2, 0.25) is 6.32 Å². The van der Waals surface area contributed by atoms with E-state index in [0.29, 0.717) is 6.42 Å². The van der Waals surface area contributed by atoms with Crippen LogP contribution in [0.5, 0.6) is 0 Å². The maximum Gasteiger partial charge on any atom is 0.528 e. The lowest BCUT2D eigenvalue weighted by Crippen LogP contribution is -2.55. The van der Waals surface area contributed by atoms with Gasteiger partial charge in [0.25, 0.3) is 0 Å². The molecule has 0 spiro atoms. The van der Waals surface area contributed by atoms with E-state index in [1.807, 2.05) is 0 Å². The Hall–Kier alpha value is -2.60. The lowest BCUT2D eigenvalue weighted by molar-refractivity contribution is -0.157. The molecule has 1 aliphatic carbocycles. The third kappa shape index (κ3) is 5.98. The second-order valence-electron chi connectivity index (χ2n) is 9.15. The van der Waals surface area contributed by atoms with Crippen molar-refractivity contribution in [2.75, 3.05) is 13.1 Å². The molecule has 7 N–H and O–H groups in total. The van der Waals surface area contributed by atoms with E-state index in [2.05, 4.69) is 4.40 Å². The summed E-state index contributed by atoms with van der Waals surface area (Å²) in [6, 6.07) is -0.149. The van der Waals surface area contributed by atoms with Gasteiger partial charge in [0.05, 0.1) is 12.8 Å². The van der Waals surface area contributed by atoms with Gasteiger partial charge in [-0.2, -0.15) is 17.1 Å². The molecule has 0 amide bonds. The molecule has 3 aliphatic rings. The standard InChI is InChI=1S/C18H27BN4O11S/c20-12-4-10(12)7-22-35(31,32)23-8-11(18(21,9-23)15(28)29)2-1-3-19-33-16(30)17(34-19,5-13(24)25)6-14(26)27/h7,10-12H,1-6,8-9,20-21H2,(H,24,25)(H,26,27)(H,28,29)/b22-7+/t10?,11-,12?,18-/m0/s1. The molecule has 2 unspecified atom stereocenters. The average molecular weight is 518 g/mol. The van der Waals surface area contributed by atoms with Crippen LogP contribution in [0, 0.1) is 11.8 Å². The highest BCUT2D eigenvalue weighted by atomic mass is 32.2. The van der Waals surface area contributed by atoms with Gasteiger partial charge in [0.2, 0.25) is 0 Å². The molecule has 0 radical (unpaired) electrons. The summed E-state index contributed by atoms with van der Waals surface area (Å²) >= 11 is 0. The maximum atomic E-state index is 12.6. The van der Waals surface area contributed by atoms with E-state index < -0.39 is 77.6 Å². The monoisotopic (exact) mass is 518 g/mol. The van der Waals surface area contributed by atoms with Crippen LogP contribution < -0.4 is 11.5 Å². The van der Waals surface area contributed by atoms with Gasteiger partial charge in [0.1, 0.15) is 5.54 Å². The van der Waals surface area contributed by atoms with Crippen molar-refractivity contribution in [1.29, 1.82) is 0 Å². The molecule has 4 atom stereocenters. The number of carboxylic acid groups (broad SMARTS) is 3. The molecule has 3 fully saturated rings. The fourth-order valence-corrected chi connectivity index (χ4v) is 5.46. The fourth-order valence-electron chi connectivity index (χ4n) is 4.27. The third-order valence-corrected chi connectivity index (χ3v) is 7.74. The molecule has 0 aromatic rings. The number of rotatable bonds is 12. The fraction of sp³-hybridized carbons (Fsp3) is 0.722. The van der Waals surface area contributed by atoms with Crippen LogP contribution in [0.1, 0.15) is 32.1 Å². The zero-order valence-corrected chi connectivity index (χ0v) is 19.4. The van der Waals surface area contributed by atoms with E-state index in [9.17, 15) is 32.7 Å². The van der Waals surface area contributed by atoms with Crippen LogP contribution in [-0.2, 0) is 38.7 Å². The second kappa shape index (κ2) is 9.81. The van der Waals surface area contributed by atoms with Crippen molar-refractivity contribution in [2.45, 2.75) is 55.6 Å². The Kier molecular flexibility index (Phi) is 7.57. The molecule has 15 nitrogen and oxygen atoms in total. The van der Waals surface area contributed by atoms with E-state index >= 15 is 0 Å². The average Bonchev–Trinajstić information content (AvgIpc) is 3.20. The third-order valence-electron chi connectivity index (χ3n) is 6.43. The number of carboxylic acids is 3. The van der Waals surface area contributed by atoms with Crippen molar-refractivity contribution < 1.29 is 52.2 Å². The Morgan fingerprint density at radius 2 is 1.83 bits per heavy atom. The minimum absolute atomic E-state index is 0.0105. The summed E-state index contributed by atoms with van der Waals surface area (Å²) in [6.45, 7) is -0.689. The van der Waals surface area contributed by atoms with Crippen molar-refractivity contribution in [3.8, 4) is 0 Å². The van der Waals surface area contributed by atoms with Crippen LogP contribution in [0.15, 0.2) is 4.40 Å². The molecule has 194 valence electrons. The number of carbonyl (C=O) groups is 4. The second-order valence-corrected chi connectivity index (χ2v) is 10.8. The largest absolute Gasteiger partial charge is 0.528 e. The zero-order chi connectivity index (χ0) is 26.2. The quantitative estimate of drug-likeness (QED) is 0.137. The van der Waals surface area contributed by atoms with E-state index in [0.717, 1.165) is 4.31 Å². The van der Waals surface area contributed by atoms with E-state index in [4.69, 9.17) is 31.0 Å². The molecular weight excluding hydrogens is 491 g/mol. The van der Waals surface area contributed by atoms with Gasteiger partial charge in [-0.25, -0.2) is 0 Å². The van der Waals surface area contributed by atoms with Crippen molar-refractivity contribution >= 4 is 47.4 Å². The van der Waals surface area contributed by atoms with Gasteiger partial charge in [-0.05, 0) is 19.2 Å². The van der Waals surface area contributed by atoms with Gasteiger partial charge in [-0.1, -0.05) is 6.42 Å². The summed E-state index contributed by atoms with van der Waals surface area (Å²) in [5.74, 6) is -6.35. The van der Waals surface area contributed by atoms with Crippen LogP contribution in [0.3, 0.4) is 0 Å². The first-order chi connectivity index (χ1) is 16.2. The van der Waals surface area contributed by atoms with Gasteiger partial charge in [0.15, 0.2) is 5.60 Å². The molecule has 0 bridgehead atoms. The van der Waals surface area contributed by atoms with Crippen molar-refractivity contribution in [2.24, 2.45) is 27.7 Å². The minimum Gasteiger partial charge on any atom is -0.507 e. The van der Waals surface area contributed by atoms with Crippen molar-refractivity contribution in [3.05, 3.63) is 0 Å². The molecule has 2 heterocycles. The first-order valence-electron chi connectivity index (χ1n) is 10.8. The van der Waals surface area contributed by atoms with Crippen LogP contribution in [0.4, 0.5) is 0 Å². The highest BCUT2D eigenvalue weighted by Gasteiger charge is 2.56. The Morgan fingerprint density at radius 1 is 1.23 bits per heavy atom. The number of hydrogen-bond acceptors (Lipinski definition) is 10. The summed E-state index contributed by atoms with van der Waals surface area (Å²) in [7, 11) is -5.41. The lowest BCUT2D eigenvalue weighted by atomic mass is 9.78. The summed E-state index contributed by atoms with van der Waals surface area (Å²) in [4.78, 5) is 46.3. The summed E-state index contributed by atoms with van der Waals surface area (Å²) in [5.41, 5.74) is 7.65. The van der Waals surface area contributed by atoms with Gasteiger partial charge in [-0.15, -0.1) is 0 Å². The van der Waals surface area contributed by atoms with Crippen LogP contribution in [0.25, 0.3) is 0 Å². The number of carbonyl (C=O) groups excluding carboxylic acids is 1. The van der Waals surface area contributed by atoms with Gasteiger partial charge < -0.3 is 36.1 Å². The molecular formula is C18H27BN4O11S. The number of hydrogen-bond donors (Lipinski definition) is 5. The summed E-state index contributed by atoms with van der Waals surface area (Å²) in [5, 5.41) is 27.7. The predicted octanol–water partition coefficient (Wildman–Crippen LogP) is -2.11. The Morgan fingerprint density at radius 3 is 2.34 bits per heavy atom. The molecule has 17 heteroatoms. The lowest BCUT2D eigenvalue weighted by Gasteiger charge is -2.25. The predicted molar refractivity (Wildman–Crippen MR) is 117 cm³/mol. The Bertz CT molecular complexity index is 1020. The molecule has 2 aliphatic heterocycles. The van der Waals surface area contributed by atoms with E-state index in [1.165, 1.54) is 6.21 Å². The van der Waals surface area contributed by atoms with Crippen molar-refractivity contribution in [1.82, 2.24) is 4.31 Å². The van der Waals surface area contributed by atoms with Gasteiger partial charge in [0, 0.05) is 37.2 Å². The molecule has 3 rings (SSSR count). The molecule has 35 heavy (non-hydrogen) atoms. The first kappa shape index (κ1) is 27.0. The first-order valence-corrected chi connectivity index (χ1v) is 12.2. The van der Waals surface area contributed by atoms with E-state index in [1.54, 1.807) is 0 Å². The minimum atomic E-state index is -4.16. The normalized spacial score (nSPS) is 30.5. The van der Waals surface area contributed by atoms with Crippen LogP contribution in [-0.4, -0.2) is 95.5 Å². The highest BCUT2D eigenvalue weighted by Crippen LogP contribution is 2.35. The molecule has 1 saturated carbocycles. The number of aliphatic carboxylic acids is 3. The SMILES string of the molecule is NC1CC1/C=N/S(=O)(=O)N1C[C@H](CCCB2OC(=O)C(CC(=O)O)(CC(=O)O)O2)[C@](N)(C(=O)O)C1. The molecule has 0 aromatic heterocycles. The number of nitrogens with two attached hydrogens (primary N) is 2. The van der Waals surface area contributed by atoms with E-state index in [-0.39, 0.29) is 37.7 Å². The molecule has 0 aromatic carbocycles.